The summed E-state index contributed by atoms with van der Waals surface area (Å²) in [6.45, 7) is 5.88. The van der Waals surface area contributed by atoms with Gasteiger partial charge in [0.25, 0.3) is 10.0 Å². The molecule has 0 aromatic heterocycles. The van der Waals surface area contributed by atoms with Crippen LogP contribution in [0.2, 0.25) is 10.0 Å². The smallest absolute Gasteiger partial charge is 0.264 e. The maximum atomic E-state index is 14.2. The second kappa shape index (κ2) is 16.3. The largest absolute Gasteiger partial charge is 0.494 e. The predicted molar refractivity (Wildman–Crippen MR) is 175 cm³/mol. The van der Waals surface area contributed by atoms with Gasteiger partial charge < -0.3 is 15.0 Å². The second-order valence-corrected chi connectivity index (χ2v) is 13.3. The Hall–Kier alpha value is -2.79. The molecular weight excluding hydrogens is 677 g/mol. The third kappa shape index (κ3) is 9.11. The van der Waals surface area contributed by atoms with E-state index >= 15 is 0 Å². The first-order chi connectivity index (χ1) is 20.5. The number of hydrogen-bond donors (Lipinski definition) is 1. The van der Waals surface area contributed by atoms with Gasteiger partial charge in [-0.15, -0.1) is 0 Å². The molecule has 12 heteroatoms. The average Bonchev–Trinajstić information content (AvgIpc) is 2.98. The molecule has 0 aliphatic carbocycles. The number of rotatable bonds is 15. The molecule has 3 aromatic rings. The SMILES string of the molecule is CCCCNC(=O)C(CC)N(Cc1c(Cl)cccc1Cl)C(=O)CN(c1ccc(OCC)cc1)S(=O)(=O)c1ccc(Br)cc1. The first-order valence-electron chi connectivity index (χ1n) is 14.0. The summed E-state index contributed by atoms with van der Waals surface area (Å²) in [5, 5.41) is 3.56. The lowest BCUT2D eigenvalue weighted by molar-refractivity contribution is -0.140. The number of halogens is 3. The summed E-state index contributed by atoms with van der Waals surface area (Å²) in [6, 6.07) is 16.7. The van der Waals surface area contributed by atoms with Gasteiger partial charge in [-0.3, -0.25) is 13.9 Å². The minimum atomic E-state index is -4.21. The Bertz CT molecular complexity index is 1470. The summed E-state index contributed by atoms with van der Waals surface area (Å²) >= 11 is 16.3. The molecular formula is C31H36BrCl2N3O5S. The molecule has 0 heterocycles. The highest BCUT2D eigenvalue weighted by atomic mass is 79.9. The number of benzene rings is 3. The lowest BCUT2D eigenvalue weighted by atomic mass is 10.1. The summed E-state index contributed by atoms with van der Waals surface area (Å²) in [5.41, 5.74) is 0.721. The quantitative estimate of drug-likeness (QED) is 0.170. The minimum absolute atomic E-state index is 0.00225. The van der Waals surface area contributed by atoms with Crippen molar-refractivity contribution >= 4 is 66.7 Å². The fraction of sp³-hybridized carbons (Fsp3) is 0.355. The van der Waals surface area contributed by atoms with Crippen LogP contribution in [-0.2, 0) is 26.2 Å². The first-order valence-corrected chi connectivity index (χ1v) is 17.0. The Morgan fingerprint density at radius 1 is 0.953 bits per heavy atom. The molecule has 1 N–H and O–H groups in total. The van der Waals surface area contributed by atoms with E-state index in [4.69, 9.17) is 27.9 Å². The van der Waals surface area contributed by atoms with E-state index in [1.165, 1.54) is 17.0 Å². The average molecular weight is 714 g/mol. The summed E-state index contributed by atoms with van der Waals surface area (Å²) < 4.78 is 35.3. The number of sulfonamides is 1. The molecule has 3 aromatic carbocycles. The summed E-state index contributed by atoms with van der Waals surface area (Å²) in [6.07, 6.45) is 1.96. The van der Waals surface area contributed by atoms with Crippen LogP contribution in [0.1, 0.15) is 45.6 Å². The first kappa shape index (κ1) is 34.7. The van der Waals surface area contributed by atoms with Gasteiger partial charge in [0.15, 0.2) is 0 Å². The van der Waals surface area contributed by atoms with Crippen LogP contribution in [0.4, 0.5) is 5.69 Å². The zero-order valence-corrected chi connectivity index (χ0v) is 28.3. The van der Waals surface area contributed by atoms with Gasteiger partial charge >= 0.3 is 0 Å². The van der Waals surface area contributed by atoms with Crippen molar-refractivity contribution < 1.29 is 22.7 Å². The van der Waals surface area contributed by atoms with Crippen molar-refractivity contribution in [2.24, 2.45) is 0 Å². The van der Waals surface area contributed by atoms with E-state index in [1.54, 1.807) is 61.5 Å². The molecule has 0 saturated heterocycles. The van der Waals surface area contributed by atoms with E-state index in [-0.39, 0.29) is 29.5 Å². The number of ether oxygens (including phenoxy) is 1. The number of carbonyl (C=O) groups excluding carboxylic acids is 2. The molecule has 1 atom stereocenters. The minimum Gasteiger partial charge on any atom is -0.494 e. The third-order valence-electron chi connectivity index (χ3n) is 6.72. The van der Waals surface area contributed by atoms with Gasteiger partial charge in [0.05, 0.1) is 17.2 Å². The van der Waals surface area contributed by atoms with E-state index in [9.17, 15) is 18.0 Å². The number of unbranched alkanes of at least 4 members (excludes halogenated alkanes) is 1. The predicted octanol–water partition coefficient (Wildman–Crippen LogP) is 7.07. The monoisotopic (exact) mass is 711 g/mol. The molecule has 0 spiro atoms. The van der Waals surface area contributed by atoms with Gasteiger partial charge in [-0.25, -0.2) is 8.42 Å². The lowest BCUT2D eigenvalue weighted by Crippen LogP contribution is -2.52. The summed E-state index contributed by atoms with van der Waals surface area (Å²) in [5.74, 6) is -0.373. The molecule has 0 fully saturated rings. The van der Waals surface area contributed by atoms with Crippen molar-refractivity contribution in [2.75, 3.05) is 24.0 Å². The number of carbonyl (C=O) groups is 2. The highest BCUT2D eigenvalue weighted by Crippen LogP contribution is 2.30. The van der Waals surface area contributed by atoms with Crippen molar-refractivity contribution in [3.05, 3.63) is 86.8 Å². The van der Waals surface area contributed by atoms with Crippen molar-refractivity contribution in [1.82, 2.24) is 10.2 Å². The molecule has 0 aliphatic heterocycles. The molecule has 8 nitrogen and oxygen atoms in total. The van der Waals surface area contributed by atoms with Crippen molar-refractivity contribution in [3.8, 4) is 5.75 Å². The maximum Gasteiger partial charge on any atom is 0.264 e. The Labute approximate surface area is 272 Å². The van der Waals surface area contributed by atoms with E-state index in [1.807, 2.05) is 13.8 Å². The number of amides is 2. The van der Waals surface area contributed by atoms with E-state index < -0.39 is 28.5 Å². The summed E-state index contributed by atoms with van der Waals surface area (Å²) in [7, 11) is -4.21. The van der Waals surface area contributed by atoms with Crippen LogP contribution in [0, 0.1) is 0 Å². The number of nitrogens with one attached hydrogen (secondary N) is 1. The van der Waals surface area contributed by atoms with Gasteiger partial charge in [-0.1, -0.05) is 65.5 Å². The van der Waals surface area contributed by atoms with E-state index in [2.05, 4.69) is 21.2 Å². The molecule has 43 heavy (non-hydrogen) atoms. The Morgan fingerprint density at radius 2 is 1.58 bits per heavy atom. The normalized spacial score (nSPS) is 12.0. The molecule has 1 unspecified atom stereocenters. The van der Waals surface area contributed by atoms with Crippen LogP contribution in [0.3, 0.4) is 0 Å². The van der Waals surface area contributed by atoms with Crippen LogP contribution < -0.4 is 14.4 Å². The van der Waals surface area contributed by atoms with Crippen LogP contribution in [0.5, 0.6) is 5.75 Å². The number of hydrogen-bond acceptors (Lipinski definition) is 5. The lowest BCUT2D eigenvalue weighted by Gasteiger charge is -2.33. The fourth-order valence-corrected chi connectivity index (χ4v) is 6.61. The molecule has 0 radical (unpaired) electrons. The zero-order valence-electron chi connectivity index (χ0n) is 24.4. The van der Waals surface area contributed by atoms with Gasteiger partial charge in [0, 0.05) is 33.2 Å². The third-order valence-corrected chi connectivity index (χ3v) is 9.75. The zero-order chi connectivity index (χ0) is 31.6. The number of anilines is 1. The second-order valence-electron chi connectivity index (χ2n) is 9.68. The van der Waals surface area contributed by atoms with E-state index in [0.29, 0.717) is 39.0 Å². The standard InChI is InChI=1S/C31H36BrCl2N3O5S/c1-4-7-19-35-31(39)29(5-2)36(20-26-27(33)9-8-10-28(26)34)30(38)21-37(23-13-15-24(16-14-23)42-6-3)43(40,41)25-17-11-22(32)12-18-25/h8-18,29H,4-7,19-21H2,1-3H3,(H,35,39). The Morgan fingerprint density at radius 3 is 2.14 bits per heavy atom. The van der Waals surface area contributed by atoms with Crippen LogP contribution >= 0.6 is 39.1 Å². The van der Waals surface area contributed by atoms with E-state index in [0.717, 1.165) is 17.1 Å². The van der Waals surface area contributed by atoms with Crippen LogP contribution in [0.15, 0.2) is 76.1 Å². The van der Waals surface area contributed by atoms with Gasteiger partial charge in [-0.05, 0) is 80.4 Å². The highest BCUT2D eigenvalue weighted by Gasteiger charge is 2.34. The molecule has 2 amide bonds. The van der Waals surface area contributed by atoms with Crippen LogP contribution in [0.25, 0.3) is 0 Å². The topological polar surface area (TPSA) is 96.0 Å². The molecule has 0 aliphatic rings. The van der Waals surface area contributed by atoms with Gasteiger partial charge in [-0.2, -0.15) is 0 Å². The molecule has 0 saturated carbocycles. The summed E-state index contributed by atoms with van der Waals surface area (Å²) in [4.78, 5) is 28.9. The van der Waals surface area contributed by atoms with Crippen molar-refractivity contribution in [3.63, 3.8) is 0 Å². The Balaban J connectivity index is 2.08. The molecule has 3 rings (SSSR count). The molecule has 0 bridgehead atoms. The van der Waals surface area contributed by atoms with Crippen molar-refractivity contribution in [1.29, 1.82) is 0 Å². The molecule has 232 valence electrons. The van der Waals surface area contributed by atoms with Crippen molar-refractivity contribution in [2.45, 2.75) is 57.5 Å². The van der Waals surface area contributed by atoms with Crippen LogP contribution in [-0.4, -0.2) is 50.9 Å². The highest BCUT2D eigenvalue weighted by molar-refractivity contribution is 9.10. The number of nitrogens with zero attached hydrogens (tertiary/aromatic N) is 2. The maximum absolute atomic E-state index is 14.2. The fourth-order valence-electron chi connectivity index (χ4n) is 4.42. The van der Waals surface area contributed by atoms with Gasteiger partial charge in [0.1, 0.15) is 18.3 Å². The Kier molecular flexibility index (Phi) is 13.2. The van der Waals surface area contributed by atoms with Gasteiger partial charge in [0.2, 0.25) is 11.8 Å².